The van der Waals surface area contributed by atoms with Crippen molar-refractivity contribution >= 4 is 0 Å². The second-order valence-electron chi connectivity index (χ2n) is 5.16. The van der Waals surface area contributed by atoms with Crippen molar-refractivity contribution in [2.45, 2.75) is 39.3 Å². The molecule has 1 aromatic rings. The Bertz CT molecular complexity index is 285. The summed E-state index contributed by atoms with van der Waals surface area (Å²) in [4.78, 5) is 2.28. The van der Waals surface area contributed by atoms with E-state index in [1.54, 1.807) is 6.26 Å². The first kappa shape index (κ1) is 14.3. The third-order valence-corrected chi connectivity index (χ3v) is 3.30. The normalized spacial score (nSPS) is 15.5. The van der Waals surface area contributed by atoms with Crippen LogP contribution in [0.1, 0.15) is 39.0 Å². The predicted octanol–water partition coefficient (Wildman–Crippen LogP) is 2.91. The van der Waals surface area contributed by atoms with E-state index >= 15 is 0 Å². The van der Waals surface area contributed by atoms with Crippen LogP contribution >= 0.6 is 0 Å². The summed E-state index contributed by atoms with van der Waals surface area (Å²) in [6, 6.07) is 4.87. The molecule has 0 saturated carbocycles. The molecule has 1 rings (SSSR count). The lowest BCUT2D eigenvalue weighted by Gasteiger charge is -2.29. The lowest BCUT2D eigenvalue weighted by atomic mass is 10.0. The smallest absolute Gasteiger partial charge is 0.120 e. The zero-order valence-electron chi connectivity index (χ0n) is 11.7. The minimum Gasteiger partial charge on any atom is -0.468 e. The van der Waals surface area contributed by atoms with Crippen LogP contribution in [0, 0.1) is 5.92 Å². The maximum absolute atomic E-state index is 5.46. The molecule has 1 heterocycles. The van der Waals surface area contributed by atoms with Crippen molar-refractivity contribution in [2.24, 2.45) is 5.92 Å². The van der Waals surface area contributed by atoms with Crippen molar-refractivity contribution < 1.29 is 4.42 Å². The van der Waals surface area contributed by atoms with Gasteiger partial charge in [-0.1, -0.05) is 20.8 Å². The third kappa shape index (κ3) is 4.17. The molecule has 0 fully saturated rings. The highest BCUT2D eigenvalue weighted by Gasteiger charge is 2.18. The van der Waals surface area contributed by atoms with Gasteiger partial charge in [0.05, 0.1) is 12.3 Å². The number of likely N-dealkylation sites (N-methyl/N-ethyl adjacent to an activating group) is 1. The van der Waals surface area contributed by atoms with Gasteiger partial charge in [0, 0.05) is 12.6 Å². The Morgan fingerprint density at radius 2 is 2.06 bits per heavy atom. The zero-order valence-corrected chi connectivity index (χ0v) is 11.7. The fraction of sp³-hybridized carbons (Fsp3) is 0.714. The average Bonchev–Trinajstić information content (AvgIpc) is 2.76. The van der Waals surface area contributed by atoms with E-state index in [-0.39, 0.29) is 0 Å². The van der Waals surface area contributed by atoms with Crippen LogP contribution in [0.3, 0.4) is 0 Å². The SMILES string of the molecule is CCC(NCC(C(C)C)N(C)C)c1ccco1. The lowest BCUT2D eigenvalue weighted by molar-refractivity contribution is 0.214. The molecule has 0 bridgehead atoms. The number of hydrogen-bond donors (Lipinski definition) is 1. The van der Waals surface area contributed by atoms with Gasteiger partial charge in [0.2, 0.25) is 0 Å². The van der Waals surface area contributed by atoms with Crippen LogP contribution in [0.2, 0.25) is 0 Å². The van der Waals surface area contributed by atoms with E-state index < -0.39 is 0 Å². The Hall–Kier alpha value is -0.800. The maximum Gasteiger partial charge on any atom is 0.120 e. The molecule has 0 radical (unpaired) electrons. The highest BCUT2D eigenvalue weighted by atomic mass is 16.3. The van der Waals surface area contributed by atoms with Gasteiger partial charge in [-0.05, 0) is 38.6 Å². The summed E-state index contributed by atoms with van der Waals surface area (Å²) < 4.78 is 5.46. The first-order valence-electron chi connectivity index (χ1n) is 6.49. The number of nitrogens with zero attached hydrogens (tertiary/aromatic N) is 1. The summed E-state index contributed by atoms with van der Waals surface area (Å²) in [6.07, 6.45) is 2.79. The van der Waals surface area contributed by atoms with E-state index in [0.717, 1.165) is 18.7 Å². The standard InChI is InChI=1S/C14H26N2O/c1-6-12(14-8-7-9-17-14)15-10-13(11(2)3)16(4)5/h7-9,11-13,15H,6,10H2,1-5H3. The molecular weight excluding hydrogens is 212 g/mol. The number of furan rings is 1. The molecular formula is C14H26N2O. The van der Waals surface area contributed by atoms with Crippen molar-refractivity contribution in [1.82, 2.24) is 10.2 Å². The molecule has 1 aromatic heterocycles. The number of rotatable bonds is 7. The molecule has 3 nitrogen and oxygen atoms in total. The van der Waals surface area contributed by atoms with E-state index in [4.69, 9.17) is 4.42 Å². The van der Waals surface area contributed by atoms with Crippen molar-refractivity contribution in [3.63, 3.8) is 0 Å². The van der Waals surface area contributed by atoms with Crippen molar-refractivity contribution in [3.05, 3.63) is 24.2 Å². The summed E-state index contributed by atoms with van der Waals surface area (Å²) in [5.74, 6) is 1.68. The van der Waals surface area contributed by atoms with Crippen molar-refractivity contribution in [1.29, 1.82) is 0 Å². The highest BCUT2D eigenvalue weighted by molar-refractivity contribution is 5.04. The van der Waals surface area contributed by atoms with Crippen molar-refractivity contribution in [2.75, 3.05) is 20.6 Å². The fourth-order valence-corrected chi connectivity index (χ4v) is 2.21. The summed E-state index contributed by atoms with van der Waals surface area (Å²) in [5.41, 5.74) is 0. The molecule has 17 heavy (non-hydrogen) atoms. The Morgan fingerprint density at radius 3 is 2.47 bits per heavy atom. The van der Waals surface area contributed by atoms with Gasteiger partial charge in [-0.15, -0.1) is 0 Å². The van der Waals surface area contributed by atoms with E-state index in [1.165, 1.54) is 0 Å². The first-order chi connectivity index (χ1) is 8.06. The van der Waals surface area contributed by atoms with Gasteiger partial charge in [-0.25, -0.2) is 0 Å². The molecule has 0 amide bonds. The predicted molar refractivity (Wildman–Crippen MR) is 72.1 cm³/mol. The van der Waals surface area contributed by atoms with E-state index in [2.05, 4.69) is 45.1 Å². The third-order valence-electron chi connectivity index (χ3n) is 3.30. The molecule has 0 aliphatic carbocycles. The molecule has 0 aliphatic rings. The molecule has 98 valence electrons. The maximum atomic E-state index is 5.46. The number of nitrogens with one attached hydrogen (secondary N) is 1. The Morgan fingerprint density at radius 1 is 1.35 bits per heavy atom. The first-order valence-corrected chi connectivity index (χ1v) is 6.49. The van der Waals surface area contributed by atoms with Crippen LogP contribution in [-0.2, 0) is 0 Å². The highest BCUT2D eigenvalue weighted by Crippen LogP contribution is 2.17. The van der Waals surface area contributed by atoms with Gasteiger partial charge in [0.15, 0.2) is 0 Å². The van der Waals surface area contributed by atoms with Crippen molar-refractivity contribution in [3.8, 4) is 0 Å². The second-order valence-corrected chi connectivity index (χ2v) is 5.16. The van der Waals surface area contributed by atoms with Crippen LogP contribution in [0.25, 0.3) is 0 Å². The summed E-state index contributed by atoms with van der Waals surface area (Å²) in [7, 11) is 4.28. The molecule has 0 saturated heterocycles. The molecule has 2 unspecified atom stereocenters. The molecule has 3 heteroatoms. The van der Waals surface area contributed by atoms with Gasteiger partial charge < -0.3 is 14.6 Å². The van der Waals surface area contributed by atoms with Crippen LogP contribution in [0.5, 0.6) is 0 Å². The van der Waals surface area contributed by atoms with Gasteiger partial charge in [-0.2, -0.15) is 0 Å². The molecule has 0 spiro atoms. The molecule has 0 aromatic carbocycles. The minimum atomic E-state index is 0.325. The topological polar surface area (TPSA) is 28.4 Å². The number of hydrogen-bond acceptors (Lipinski definition) is 3. The van der Waals surface area contributed by atoms with Gasteiger partial charge in [0.25, 0.3) is 0 Å². The lowest BCUT2D eigenvalue weighted by Crippen LogP contribution is -2.42. The van der Waals surface area contributed by atoms with E-state index in [0.29, 0.717) is 18.0 Å². The monoisotopic (exact) mass is 238 g/mol. The second kappa shape index (κ2) is 6.82. The van der Waals surface area contributed by atoms with Crippen LogP contribution in [0.15, 0.2) is 22.8 Å². The van der Waals surface area contributed by atoms with Crippen LogP contribution in [0.4, 0.5) is 0 Å². The Kier molecular flexibility index (Phi) is 5.72. The van der Waals surface area contributed by atoms with E-state index in [1.807, 2.05) is 12.1 Å². The molecule has 0 aliphatic heterocycles. The Labute approximate surface area is 105 Å². The van der Waals surface area contributed by atoms with E-state index in [9.17, 15) is 0 Å². The average molecular weight is 238 g/mol. The summed E-state index contributed by atoms with van der Waals surface area (Å²) in [5, 5.41) is 3.60. The zero-order chi connectivity index (χ0) is 12.8. The fourth-order valence-electron chi connectivity index (χ4n) is 2.21. The quantitative estimate of drug-likeness (QED) is 0.791. The van der Waals surface area contributed by atoms with Gasteiger partial charge in [-0.3, -0.25) is 0 Å². The van der Waals surface area contributed by atoms with Crippen LogP contribution < -0.4 is 5.32 Å². The minimum absolute atomic E-state index is 0.325. The largest absolute Gasteiger partial charge is 0.468 e. The Balaban J connectivity index is 2.52. The van der Waals surface area contributed by atoms with Crippen LogP contribution in [-0.4, -0.2) is 31.6 Å². The van der Waals surface area contributed by atoms with Gasteiger partial charge in [0.1, 0.15) is 5.76 Å². The molecule has 2 atom stereocenters. The summed E-state index contributed by atoms with van der Waals surface area (Å²) in [6.45, 7) is 7.70. The van der Waals surface area contributed by atoms with Gasteiger partial charge >= 0.3 is 0 Å². The molecule has 1 N–H and O–H groups in total. The summed E-state index contributed by atoms with van der Waals surface area (Å²) >= 11 is 0.